The van der Waals surface area contributed by atoms with Gasteiger partial charge in [-0.05, 0) is 19.1 Å². The minimum Gasteiger partial charge on any atom is -0.394 e. The lowest BCUT2D eigenvalue weighted by molar-refractivity contribution is -0.385. The smallest absolute Gasteiger partial charge is 0.273 e. The van der Waals surface area contributed by atoms with Crippen LogP contribution in [0.1, 0.15) is 12.5 Å². The van der Waals surface area contributed by atoms with E-state index in [1.807, 2.05) is 0 Å². The van der Waals surface area contributed by atoms with Gasteiger partial charge in [-0.3, -0.25) is 10.1 Å². The molecule has 0 aliphatic heterocycles. The van der Waals surface area contributed by atoms with Crippen molar-refractivity contribution >= 4 is 17.3 Å². The normalized spacial score (nSPS) is 11.6. The zero-order chi connectivity index (χ0) is 13.8. The second-order valence-corrected chi connectivity index (χ2v) is 4.70. The number of benzene rings is 1. The molecule has 0 radical (unpaired) electrons. The number of nitrogens with one attached hydrogen (secondary N) is 1. The zero-order valence-corrected chi connectivity index (χ0v) is 10.6. The van der Waals surface area contributed by atoms with Gasteiger partial charge in [0, 0.05) is 23.2 Å². The number of aliphatic hydroxyl groups is 2. The van der Waals surface area contributed by atoms with Crippen LogP contribution in [0, 0.1) is 10.1 Å². The molecule has 6 nitrogen and oxygen atoms in total. The summed E-state index contributed by atoms with van der Waals surface area (Å²) in [5, 5.41) is 32.3. The van der Waals surface area contributed by atoms with Crippen molar-refractivity contribution in [3.05, 3.63) is 38.9 Å². The van der Waals surface area contributed by atoms with E-state index in [4.69, 9.17) is 21.8 Å². The van der Waals surface area contributed by atoms with Gasteiger partial charge in [0.15, 0.2) is 0 Å². The number of nitro benzene ring substituents is 1. The van der Waals surface area contributed by atoms with Crippen molar-refractivity contribution in [3.63, 3.8) is 0 Å². The molecule has 0 aromatic heterocycles. The Labute approximate surface area is 109 Å². The first-order valence-electron chi connectivity index (χ1n) is 5.31. The summed E-state index contributed by atoms with van der Waals surface area (Å²) in [6, 6.07) is 4.26. The van der Waals surface area contributed by atoms with Crippen LogP contribution in [0.2, 0.25) is 5.02 Å². The van der Waals surface area contributed by atoms with E-state index in [0.717, 1.165) is 0 Å². The average Bonchev–Trinajstić information content (AvgIpc) is 2.35. The van der Waals surface area contributed by atoms with Crippen LogP contribution in [-0.4, -0.2) is 33.9 Å². The fourth-order valence-corrected chi connectivity index (χ4v) is 1.54. The molecule has 1 rings (SSSR count). The molecule has 0 heterocycles. The molecule has 0 saturated heterocycles. The largest absolute Gasteiger partial charge is 0.394 e. The zero-order valence-electron chi connectivity index (χ0n) is 9.89. The lowest BCUT2D eigenvalue weighted by Crippen LogP contribution is -2.48. The van der Waals surface area contributed by atoms with E-state index in [0.29, 0.717) is 10.6 Å². The van der Waals surface area contributed by atoms with Gasteiger partial charge in [0.05, 0.1) is 23.7 Å². The maximum absolute atomic E-state index is 10.8. The minimum atomic E-state index is -0.893. The first kappa shape index (κ1) is 14.8. The number of nitrogens with zero attached hydrogens (tertiary/aromatic N) is 1. The van der Waals surface area contributed by atoms with E-state index in [1.54, 1.807) is 6.92 Å². The van der Waals surface area contributed by atoms with Crippen LogP contribution in [0.5, 0.6) is 0 Å². The number of hydrogen-bond acceptors (Lipinski definition) is 5. The second kappa shape index (κ2) is 6.10. The number of nitro groups is 1. The molecule has 18 heavy (non-hydrogen) atoms. The van der Waals surface area contributed by atoms with Gasteiger partial charge in [0.25, 0.3) is 5.69 Å². The highest BCUT2D eigenvalue weighted by Crippen LogP contribution is 2.23. The fourth-order valence-electron chi connectivity index (χ4n) is 1.34. The van der Waals surface area contributed by atoms with E-state index in [-0.39, 0.29) is 25.4 Å². The standard InChI is InChI=1S/C11H15ClN2O4/c1-11(6-15,7-16)13-5-8-4-9(12)2-3-10(8)14(17)18/h2-4,13,15-16H,5-7H2,1H3. The molecule has 1 aromatic rings. The number of aliphatic hydroxyl groups excluding tert-OH is 2. The molecule has 0 spiro atoms. The molecule has 0 aliphatic rings. The maximum Gasteiger partial charge on any atom is 0.273 e. The topological polar surface area (TPSA) is 95.6 Å². The van der Waals surface area contributed by atoms with Crippen LogP contribution >= 0.6 is 11.6 Å². The number of rotatable bonds is 6. The lowest BCUT2D eigenvalue weighted by atomic mass is 10.0. The molecule has 0 atom stereocenters. The molecule has 0 aliphatic carbocycles. The Hall–Kier alpha value is -1.21. The van der Waals surface area contributed by atoms with Crippen LogP contribution in [0.3, 0.4) is 0 Å². The quantitative estimate of drug-likeness (QED) is 0.533. The Morgan fingerprint density at radius 1 is 1.44 bits per heavy atom. The lowest BCUT2D eigenvalue weighted by Gasteiger charge is -2.26. The summed E-state index contributed by atoms with van der Waals surface area (Å²) in [7, 11) is 0. The predicted octanol–water partition coefficient (Wildman–Crippen LogP) is 1.08. The van der Waals surface area contributed by atoms with Gasteiger partial charge in [-0.25, -0.2) is 0 Å². The molecule has 100 valence electrons. The predicted molar refractivity (Wildman–Crippen MR) is 67.5 cm³/mol. The van der Waals surface area contributed by atoms with Crippen LogP contribution in [0.25, 0.3) is 0 Å². The second-order valence-electron chi connectivity index (χ2n) is 4.26. The summed E-state index contributed by atoms with van der Waals surface area (Å²) in [6.45, 7) is 1.19. The van der Waals surface area contributed by atoms with Gasteiger partial charge in [0.2, 0.25) is 0 Å². The summed E-state index contributed by atoms with van der Waals surface area (Å²) < 4.78 is 0. The molecule has 1 aromatic carbocycles. The maximum atomic E-state index is 10.8. The van der Waals surface area contributed by atoms with Crippen molar-refractivity contribution in [1.29, 1.82) is 0 Å². The van der Waals surface area contributed by atoms with E-state index in [2.05, 4.69) is 5.32 Å². The summed E-state index contributed by atoms with van der Waals surface area (Å²) in [4.78, 5) is 10.3. The Kier molecular flexibility index (Phi) is 5.03. The van der Waals surface area contributed by atoms with Gasteiger partial charge in [-0.1, -0.05) is 11.6 Å². The van der Waals surface area contributed by atoms with Crippen molar-refractivity contribution in [2.24, 2.45) is 0 Å². The fraction of sp³-hybridized carbons (Fsp3) is 0.455. The first-order chi connectivity index (χ1) is 8.41. The van der Waals surface area contributed by atoms with Crippen molar-refractivity contribution in [2.45, 2.75) is 19.0 Å². The molecule has 0 saturated carbocycles. The van der Waals surface area contributed by atoms with Crippen LogP contribution in [-0.2, 0) is 6.54 Å². The van der Waals surface area contributed by atoms with Gasteiger partial charge in [0.1, 0.15) is 0 Å². The molecule has 3 N–H and O–H groups in total. The van der Waals surface area contributed by atoms with Crippen molar-refractivity contribution in [2.75, 3.05) is 13.2 Å². The molecule has 0 unspecified atom stereocenters. The van der Waals surface area contributed by atoms with E-state index < -0.39 is 10.5 Å². The summed E-state index contributed by atoms with van der Waals surface area (Å²) >= 11 is 5.79. The van der Waals surface area contributed by atoms with E-state index in [1.165, 1.54) is 18.2 Å². The van der Waals surface area contributed by atoms with E-state index in [9.17, 15) is 10.1 Å². The van der Waals surface area contributed by atoms with E-state index >= 15 is 0 Å². The molecule has 0 amide bonds. The highest BCUT2D eigenvalue weighted by molar-refractivity contribution is 6.30. The highest BCUT2D eigenvalue weighted by atomic mass is 35.5. The van der Waals surface area contributed by atoms with Crippen molar-refractivity contribution in [1.82, 2.24) is 5.32 Å². The Bertz CT molecular complexity index is 435. The summed E-state index contributed by atoms with van der Waals surface area (Å²) in [5.41, 5.74) is -0.540. The number of halogens is 1. The summed E-state index contributed by atoms with van der Waals surface area (Å²) in [6.07, 6.45) is 0. The van der Waals surface area contributed by atoms with Crippen molar-refractivity contribution in [3.8, 4) is 0 Å². The Morgan fingerprint density at radius 2 is 2.06 bits per heavy atom. The van der Waals surface area contributed by atoms with Gasteiger partial charge in [-0.15, -0.1) is 0 Å². The van der Waals surface area contributed by atoms with Gasteiger partial charge in [-0.2, -0.15) is 0 Å². The monoisotopic (exact) mass is 274 g/mol. The minimum absolute atomic E-state index is 0.0508. The van der Waals surface area contributed by atoms with Crippen molar-refractivity contribution < 1.29 is 15.1 Å². The molecule has 0 bridgehead atoms. The highest BCUT2D eigenvalue weighted by Gasteiger charge is 2.23. The van der Waals surface area contributed by atoms with Crippen LogP contribution in [0.4, 0.5) is 5.69 Å². The summed E-state index contributed by atoms with van der Waals surface area (Å²) in [5.74, 6) is 0. The van der Waals surface area contributed by atoms with Gasteiger partial charge < -0.3 is 15.5 Å². The molecular weight excluding hydrogens is 260 g/mol. The molecular formula is C11H15ClN2O4. The molecule has 7 heteroatoms. The molecule has 0 fully saturated rings. The average molecular weight is 275 g/mol. The van der Waals surface area contributed by atoms with Gasteiger partial charge >= 0.3 is 0 Å². The Balaban J connectivity index is 2.90. The number of hydrogen-bond donors (Lipinski definition) is 3. The third-order valence-electron chi connectivity index (χ3n) is 2.64. The first-order valence-corrected chi connectivity index (χ1v) is 5.69. The van der Waals surface area contributed by atoms with Crippen LogP contribution < -0.4 is 5.32 Å². The Morgan fingerprint density at radius 3 is 2.56 bits per heavy atom. The van der Waals surface area contributed by atoms with Crippen LogP contribution in [0.15, 0.2) is 18.2 Å². The third-order valence-corrected chi connectivity index (χ3v) is 2.88. The third kappa shape index (κ3) is 3.64. The SMILES string of the molecule is CC(CO)(CO)NCc1cc(Cl)ccc1[N+](=O)[O-].